The Hall–Kier alpha value is 0.167. The molecule has 1 saturated carbocycles. The smallest absolute Gasteiger partial charge is 0.322 e. The minimum Gasteiger partial charge on any atom is -0.397 e. The van der Waals surface area contributed by atoms with Crippen LogP contribution in [0, 0.1) is 17.8 Å². The van der Waals surface area contributed by atoms with Crippen LogP contribution in [0.4, 0.5) is 0 Å². The largest absolute Gasteiger partial charge is 0.397 e. The van der Waals surface area contributed by atoms with Gasteiger partial charge >= 0.3 is 9.28 Å². The molecule has 4 atom stereocenters. The van der Waals surface area contributed by atoms with E-state index < -0.39 is 9.28 Å². The molecule has 98 valence electrons. The first-order valence-electron chi connectivity index (χ1n) is 6.80. The topological polar surface area (TPSA) is 18.5 Å². The summed E-state index contributed by atoms with van der Waals surface area (Å²) in [6, 6.07) is 0.949. The van der Waals surface area contributed by atoms with Gasteiger partial charge in [0.25, 0.3) is 0 Å². The molecule has 4 heteroatoms. The number of allylic oxidation sites excluding steroid dienone is 2. The van der Waals surface area contributed by atoms with Crippen molar-refractivity contribution < 1.29 is 8.85 Å². The summed E-state index contributed by atoms with van der Waals surface area (Å²) in [7, 11) is -1.53. The normalized spacial score (nSPS) is 32.6. The molecule has 1 fully saturated rings. The monoisotopic (exact) mass is 274 g/mol. The standard InChI is InChI=1S/C13H23ClO2Si/c1-3-15-17(16-4-2)9-13(14)12-8-10-5-6-11(12)7-10/h5-6,10-13,17H,3-4,7-9H2,1-2H3. The molecule has 0 radical (unpaired) electrons. The fourth-order valence-electron chi connectivity index (χ4n) is 3.15. The fraction of sp³-hybridized carbons (Fsp3) is 0.846. The third-order valence-corrected chi connectivity index (χ3v) is 7.02. The van der Waals surface area contributed by atoms with Crippen LogP contribution in [0.5, 0.6) is 0 Å². The van der Waals surface area contributed by atoms with E-state index in [9.17, 15) is 0 Å². The summed E-state index contributed by atoms with van der Waals surface area (Å²) in [4.78, 5) is 0. The Morgan fingerprint density at radius 2 is 1.94 bits per heavy atom. The van der Waals surface area contributed by atoms with Gasteiger partial charge in [-0.25, -0.2) is 0 Å². The van der Waals surface area contributed by atoms with Gasteiger partial charge in [-0.15, -0.1) is 11.6 Å². The van der Waals surface area contributed by atoms with Crippen LogP contribution in [0.25, 0.3) is 0 Å². The second-order valence-electron chi connectivity index (χ2n) is 5.04. The lowest BCUT2D eigenvalue weighted by Crippen LogP contribution is -2.30. The molecule has 2 rings (SSSR count). The molecule has 0 aliphatic heterocycles. The van der Waals surface area contributed by atoms with E-state index in [1.54, 1.807) is 0 Å². The van der Waals surface area contributed by atoms with Gasteiger partial charge in [-0.1, -0.05) is 12.2 Å². The van der Waals surface area contributed by atoms with Crippen LogP contribution >= 0.6 is 11.6 Å². The molecule has 17 heavy (non-hydrogen) atoms. The van der Waals surface area contributed by atoms with Gasteiger partial charge in [-0.05, 0) is 44.4 Å². The Morgan fingerprint density at radius 1 is 1.24 bits per heavy atom. The summed E-state index contributed by atoms with van der Waals surface area (Å²) < 4.78 is 11.4. The van der Waals surface area contributed by atoms with Crippen molar-refractivity contribution in [3.05, 3.63) is 12.2 Å². The van der Waals surface area contributed by atoms with Gasteiger partial charge in [0.2, 0.25) is 0 Å². The second-order valence-corrected chi connectivity index (χ2v) is 7.59. The summed E-state index contributed by atoms with van der Waals surface area (Å²) in [6.45, 7) is 5.55. The van der Waals surface area contributed by atoms with E-state index in [1.165, 1.54) is 12.8 Å². The minimum atomic E-state index is -1.53. The molecule has 0 spiro atoms. The Bertz CT molecular complexity index is 266. The van der Waals surface area contributed by atoms with E-state index in [1.807, 2.05) is 13.8 Å². The summed E-state index contributed by atoms with van der Waals surface area (Å²) in [6.07, 6.45) is 7.33. The summed E-state index contributed by atoms with van der Waals surface area (Å²) >= 11 is 6.59. The van der Waals surface area contributed by atoms with Crippen molar-refractivity contribution in [3.8, 4) is 0 Å². The molecule has 0 amide bonds. The van der Waals surface area contributed by atoms with Crippen molar-refractivity contribution in [1.82, 2.24) is 0 Å². The Kier molecular flexibility index (Phi) is 5.09. The summed E-state index contributed by atoms with van der Waals surface area (Å²) in [5, 5.41) is 0.240. The van der Waals surface area contributed by atoms with Crippen molar-refractivity contribution in [2.75, 3.05) is 13.2 Å². The SMILES string of the molecule is CCO[SiH](CC(Cl)C1CC2C=CC1C2)OCC. The van der Waals surface area contributed by atoms with E-state index >= 15 is 0 Å². The number of alkyl halides is 1. The molecule has 0 saturated heterocycles. The van der Waals surface area contributed by atoms with Crippen LogP contribution in [0.15, 0.2) is 12.2 Å². The average Bonchev–Trinajstić information content (AvgIpc) is 2.91. The molecule has 2 nitrogen and oxygen atoms in total. The van der Waals surface area contributed by atoms with E-state index in [0.717, 1.165) is 31.1 Å². The summed E-state index contributed by atoms with van der Waals surface area (Å²) in [5.74, 6) is 2.17. The van der Waals surface area contributed by atoms with Gasteiger partial charge in [0.05, 0.1) is 0 Å². The maximum Gasteiger partial charge on any atom is 0.322 e. The molecule has 0 N–H and O–H groups in total. The minimum absolute atomic E-state index is 0.240. The number of hydrogen-bond acceptors (Lipinski definition) is 2. The first kappa shape index (κ1) is 13.6. The maximum absolute atomic E-state index is 6.59. The molecular weight excluding hydrogens is 252 g/mol. The number of hydrogen-bond donors (Lipinski definition) is 0. The highest BCUT2D eigenvalue weighted by Gasteiger charge is 2.40. The van der Waals surface area contributed by atoms with Crippen LogP contribution < -0.4 is 0 Å². The molecular formula is C13H23ClO2Si. The highest BCUT2D eigenvalue weighted by Crippen LogP contribution is 2.47. The molecule has 2 bridgehead atoms. The van der Waals surface area contributed by atoms with Crippen molar-refractivity contribution in [2.45, 2.75) is 38.1 Å². The van der Waals surface area contributed by atoms with Crippen LogP contribution in [-0.2, 0) is 8.85 Å². The molecule has 0 aromatic carbocycles. The Balaban J connectivity index is 1.82. The molecule has 2 aliphatic carbocycles. The molecule has 0 aromatic heterocycles. The zero-order valence-electron chi connectivity index (χ0n) is 10.8. The highest BCUT2D eigenvalue weighted by atomic mass is 35.5. The fourth-order valence-corrected chi connectivity index (χ4v) is 5.71. The van der Waals surface area contributed by atoms with Gasteiger partial charge in [-0.2, -0.15) is 0 Å². The first-order chi connectivity index (χ1) is 8.24. The van der Waals surface area contributed by atoms with Crippen molar-refractivity contribution in [2.24, 2.45) is 17.8 Å². The zero-order chi connectivity index (χ0) is 12.3. The van der Waals surface area contributed by atoms with Crippen LogP contribution in [-0.4, -0.2) is 27.9 Å². The quantitative estimate of drug-likeness (QED) is 0.404. The lowest BCUT2D eigenvalue weighted by atomic mass is 9.91. The van der Waals surface area contributed by atoms with Gasteiger partial charge < -0.3 is 8.85 Å². The van der Waals surface area contributed by atoms with Crippen molar-refractivity contribution in [1.29, 1.82) is 0 Å². The average molecular weight is 275 g/mol. The van der Waals surface area contributed by atoms with Crippen molar-refractivity contribution >= 4 is 20.9 Å². The van der Waals surface area contributed by atoms with E-state index in [0.29, 0.717) is 5.92 Å². The highest BCUT2D eigenvalue weighted by molar-refractivity contribution is 6.46. The molecule has 0 heterocycles. The van der Waals surface area contributed by atoms with E-state index in [2.05, 4.69) is 12.2 Å². The van der Waals surface area contributed by atoms with Crippen LogP contribution in [0.2, 0.25) is 6.04 Å². The Morgan fingerprint density at radius 3 is 2.41 bits per heavy atom. The third kappa shape index (κ3) is 3.34. The van der Waals surface area contributed by atoms with Crippen LogP contribution in [0.3, 0.4) is 0 Å². The van der Waals surface area contributed by atoms with Crippen LogP contribution in [0.1, 0.15) is 26.7 Å². The van der Waals surface area contributed by atoms with E-state index in [-0.39, 0.29) is 5.38 Å². The first-order valence-corrected chi connectivity index (χ1v) is 8.99. The number of fused-ring (bicyclic) bond motifs is 2. The number of halogens is 1. The van der Waals surface area contributed by atoms with Crippen molar-refractivity contribution in [3.63, 3.8) is 0 Å². The number of rotatable bonds is 7. The predicted molar refractivity (Wildman–Crippen MR) is 73.7 cm³/mol. The van der Waals surface area contributed by atoms with E-state index in [4.69, 9.17) is 20.5 Å². The lowest BCUT2D eigenvalue weighted by Gasteiger charge is -2.26. The molecule has 4 unspecified atom stereocenters. The lowest BCUT2D eigenvalue weighted by molar-refractivity contribution is 0.210. The second kappa shape index (κ2) is 6.37. The zero-order valence-corrected chi connectivity index (χ0v) is 12.7. The van der Waals surface area contributed by atoms with Gasteiger partial charge in [-0.3, -0.25) is 0 Å². The van der Waals surface area contributed by atoms with Gasteiger partial charge in [0, 0.05) is 24.6 Å². The molecule has 2 aliphatic rings. The molecule has 0 aromatic rings. The predicted octanol–water partition coefficient (Wildman–Crippen LogP) is 3.10. The third-order valence-electron chi connectivity index (χ3n) is 3.92. The van der Waals surface area contributed by atoms with Gasteiger partial charge in [0.15, 0.2) is 0 Å². The maximum atomic E-state index is 6.59. The van der Waals surface area contributed by atoms with Gasteiger partial charge in [0.1, 0.15) is 0 Å². The Labute approximate surface area is 111 Å². The summed E-state index contributed by atoms with van der Waals surface area (Å²) in [5.41, 5.74) is 0.